The Balaban J connectivity index is 1.21. The summed E-state index contributed by atoms with van der Waals surface area (Å²) in [5.74, 6) is 1.44. The van der Waals surface area contributed by atoms with E-state index in [0.29, 0.717) is 40.3 Å². The maximum Gasteiger partial charge on any atom is 0.265 e. The Hall–Kier alpha value is -5.50. The van der Waals surface area contributed by atoms with Crippen LogP contribution in [-0.4, -0.2) is 41.5 Å². The smallest absolute Gasteiger partial charge is 0.265 e. The van der Waals surface area contributed by atoms with Crippen LogP contribution in [0.4, 0.5) is 5.69 Å². The monoisotopic (exact) mass is 557 g/mol. The first-order valence-corrected chi connectivity index (χ1v) is 13.5. The lowest BCUT2D eigenvalue weighted by Crippen LogP contribution is -2.41. The number of allylic oxidation sites excluding steroid dienone is 1. The Morgan fingerprint density at radius 2 is 1.67 bits per heavy atom. The van der Waals surface area contributed by atoms with Crippen LogP contribution < -0.4 is 19.9 Å². The highest BCUT2D eigenvalue weighted by Crippen LogP contribution is 2.31. The van der Waals surface area contributed by atoms with Crippen LogP contribution in [0.2, 0.25) is 0 Å². The highest BCUT2D eigenvalue weighted by molar-refractivity contribution is 6.07. The third-order valence-corrected chi connectivity index (χ3v) is 7.15. The Kier molecular flexibility index (Phi) is 7.34. The molecule has 6 rings (SSSR count). The molecule has 0 atom stereocenters. The lowest BCUT2D eigenvalue weighted by atomic mass is 10.1. The van der Waals surface area contributed by atoms with Crippen LogP contribution in [0.3, 0.4) is 0 Å². The highest BCUT2D eigenvalue weighted by atomic mass is 16.5. The number of carbonyl (C=O) groups excluding carboxylic acids is 2. The number of methoxy groups -OCH3 is 1. The highest BCUT2D eigenvalue weighted by Gasteiger charge is 2.27. The lowest BCUT2D eigenvalue weighted by molar-refractivity contribution is -0.121. The molecule has 0 unspecified atom stereocenters. The quantitative estimate of drug-likeness (QED) is 0.238. The molecule has 4 aromatic carbocycles. The summed E-state index contributed by atoms with van der Waals surface area (Å²) in [6.45, 7) is 0.141. The molecule has 1 amide bonds. The molecule has 1 aliphatic heterocycles. The zero-order valence-electron chi connectivity index (χ0n) is 22.9. The van der Waals surface area contributed by atoms with Crippen LogP contribution in [0.1, 0.15) is 15.9 Å². The molecule has 42 heavy (non-hydrogen) atoms. The largest absolute Gasteiger partial charge is 0.497 e. The molecule has 0 fully saturated rings. The number of para-hydroxylation sites is 3. The third kappa shape index (κ3) is 5.30. The van der Waals surface area contributed by atoms with Gasteiger partial charge in [-0.25, -0.2) is 4.98 Å². The second-order valence-corrected chi connectivity index (χ2v) is 9.78. The minimum absolute atomic E-state index is 0.0690. The topological polar surface area (TPSA) is 90.7 Å². The number of amides is 1. The third-order valence-electron chi connectivity index (χ3n) is 7.15. The predicted octanol–water partition coefficient (Wildman–Crippen LogP) is 5.39. The van der Waals surface area contributed by atoms with Crippen molar-refractivity contribution in [2.45, 2.75) is 6.54 Å². The van der Waals surface area contributed by atoms with Crippen molar-refractivity contribution in [3.63, 3.8) is 0 Å². The molecule has 0 saturated carbocycles. The van der Waals surface area contributed by atoms with Crippen LogP contribution in [-0.2, 0) is 11.3 Å². The maximum atomic E-state index is 13.5. The van der Waals surface area contributed by atoms with Gasteiger partial charge in [-0.1, -0.05) is 60.7 Å². The summed E-state index contributed by atoms with van der Waals surface area (Å²) in [5.41, 5.74) is 3.27. The SMILES string of the molecule is COc1ccc(-c2nc3ccccc3c(=O)n2C/C=C/c2ccc(C(=O)CN3C(=O)COc4ccccc43)cc2)cc1. The Bertz CT molecular complexity index is 1880. The van der Waals surface area contributed by atoms with Crippen molar-refractivity contribution in [1.29, 1.82) is 0 Å². The van der Waals surface area contributed by atoms with Crippen LogP contribution in [0.15, 0.2) is 108 Å². The molecule has 208 valence electrons. The number of benzene rings is 4. The number of hydrogen-bond acceptors (Lipinski definition) is 6. The van der Waals surface area contributed by atoms with Crippen molar-refractivity contribution < 1.29 is 19.1 Å². The number of fused-ring (bicyclic) bond motifs is 2. The number of carbonyl (C=O) groups is 2. The van der Waals surface area contributed by atoms with E-state index in [0.717, 1.165) is 16.9 Å². The van der Waals surface area contributed by atoms with E-state index in [9.17, 15) is 14.4 Å². The van der Waals surface area contributed by atoms with E-state index in [1.807, 2.05) is 72.8 Å². The van der Waals surface area contributed by atoms with Crippen molar-refractivity contribution in [3.05, 3.63) is 125 Å². The van der Waals surface area contributed by atoms with Gasteiger partial charge in [0.2, 0.25) is 0 Å². The average molecular weight is 558 g/mol. The Labute approximate surface area is 242 Å². The fourth-order valence-corrected chi connectivity index (χ4v) is 4.93. The molecule has 1 aliphatic rings. The van der Waals surface area contributed by atoms with E-state index in [4.69, 9.17) is 14.5 Å². The molecule has 8 nitrogen and oxygen atoms in total. The predicted molar refractivity (Wildman–Crippen MR) is 162 cm³/mol. The van der Waals surface area contributed by atoms with E-state index in [1.54, 1.807) is 48.1 Å². The van der Waals surface area contributed by atoms with Gasteiger partial charge in [0.1, 0.15) is 17.3 Å². The van der Waals surface area contributed by atoms with Gasteiger partial charge in [0.15, 0.2) is 12.4 Å². The lowest BCUT2D eigenvalue weighted by Gasteiger charge is -2.28. The number of ether oxygens (including phenoxy) is 2. The Morgan fingerprint density at radius 3 is 2.45 bits per heavy atom. The first kappa shape index (κ1) is 26.7. The molecule has 0 N–H and O–H groups in total. The van der Waals surface area contributed by atoms with E-state index in [2.05, 4.69) is 0 Å². The van der Waals surface area contributed by atoms with E-state index < -0.39 is 0 Å². The number of rotatable bonds is 8. The fourth-order valence-electron chi connectivity index (χ4n) is 4.93. The summed E-state index contributed by atoms with van der Waals surface area (Å²) in [6.07, 6.45) is 3.79. The number of Topliss-reactive ketones (excluding diaryl/α,β-unsaturated/α-hetero) is 1. The average Bonchev–Trinajstić information content (AvgIpc) is 3.03. The number of ketones is 1. The number of aromatic nitrogens is 2. The summed E-state index contributed by atoms with van der Waals surface area (Å²) in [5, 5.41) is 0.549. The molecule has 1 aromatic heterocycles. The van der Waals surface area contributed by atoms with Gasteiger partial charge < -0.3 is 9.47 Å². The number of hydrogen-bond donors (Lipinski definition) is 0. The van der Waals surface area contributed by atoms with Gasteiger partial charge in [-0.05, 0) is 54.1 Å². The first-order chi connectivity index (χ1) is 20.5. The standard InChI is InChI=1S/C34H27N3O5/c1-41-26-18-16-25(17-19-26)33-35-28-9-3-2-8-27(28)34(40)36(33)20-6-7-23-12-14-24(15-13-23)30(38)21-37-29-10-4-5-11-31(29)42-22-32(37)39/h2-19H,20-22H2,1H3/b7-6+. The fraction of sp³-hybridized carbons (Fsp3) is 0.118. The first-order valence-electron chi connectivity index (χ1n) is 13.5. The molecule has 8 heteroatoms. The number of nitrogens with zero attached hydrogens (tertiary/aromatic N) is 3. The van der Waals surface area contributed by atoms with E-state index in [-0.39, 0.29) is 30.4 Å². The molecule has 5 aromatic rings. The van der Waals surface area contributed by atoms with Crippen molar-refractivity contribution in [2.24, 2.45) is 0 Å². The maximum absolute atomic E-state index is 13.5. The molecular weight excluding hydrogens is 530 g/mol. The number of anilines is 1. The molecule has 0 bridgehead atoms. The summed E-state index contributed by atoms with van der Waals surface area (Å²) in [6, 6.07) is 29.1. The normalized spacial score (nSPS) is 12.8. The van der Waals surface area contributed by atoms with Gasteiger partial charge in [-0.2, -0.15) is 0 Å². The molecule has 0 spiro atoms. The summed E-state index contributed by atoms with van der Waals surface area (Å²) >= 11 is 0. The van der Waals surface area contributed by atoms with Gasteiger partial charge in [0, 0.05) is 17.7 Å². The second-order valence-electron chi connectivity index (χ2n) is 9.78. The van der Waals surface area contributed by atoms with Gasteiger partial charge in [0.05, 0.1) is 30.2 Å². The molecule has 0 radical (unpaired) electrons. The second kappa shape index (κ2) is 11.5. The molecule has 0 aliphatic carbocycles. The minimum Gasteiger partial charge on any atom is -0.497 e. The molecular formula is C34H27N3O5. The Morgan fingerprint density at radius 1 is 0.929 bits per heavy atom. The van der Waals surface area contributed by atoms with Crippen molar-refractivity contribution in [1.82, 2.24) is 9.55 Å². The summed E-state index contributed by atoms with van der Waals surface area (Å²) in [7, 11) is 1.61. The van der Waals surface area contributed by atoms with Gasteiger partial charge in [-0.3, -0.25) is 23.9 Å². The van der Waals surface area contributed by atoms with Crippen molar-refractivity contribution in [3.8, 4) is 22.9 Å². The van der Waals surface area contributed by atoms with E-state index >= 15 is 0 Å². The van der Waals surface area contributed by atoms with Gasteiger partial charge in [0.25, 0.3) is 11.5 Å². The van der Waals surface area contributed by atoms with Gasteiger partial charge in [-0.15, -0.1) is 0 Å². The zero-order chi connectivity index (χ0) is 29.1. The van der Waals surface area contributed by atoms with Crippen LogP contribution in [0.5, 0.6) is 11.5 Å². The van der Waals surface area contributed by atoms with Crippen LogP contribution >= 0.6 is 0 Å². The minimum atomic E-state index is -0.256. The van der Waals surface area contributed by atoms with Gasteiger partial charge >= 0.3 is 0 Å². The van der Waals surface area contributed by atoms with Crippen molar-refractivity contribution >= 4 is 34.4 Å². The summed E-state index contributed by atoms with van der Waals surface area (Å²) in [4.78, 5) is 45.2. The summed E-state index contributed by atoms with van der Waals surface area (Å²) < 4.78 is 12.4. The zero-order valence-corrected chi connectivity index (χ0v) is 22.9. The molecule has 2 heterocycles. The molecule has 0 saturated heterocycles. The van der Waals surface area contributed by atoms with Crippen LogP contribution in [0.25, 0.3) is 28.4 Å². The van der Waals surface area contributed by atoms with Crippen LogP contribution in [0, 0.1) is 0 Å². The van der Waals surface area contributed by atoms with Crippen molar-refractivity contribution in [2.75, 3.05) is 25.2 Å². The van der Waals surface area contributed by atoms with E-state index in [1.165, 1.54) is 4.90 Å².